The molecule has 1 aromatic heterocycles. The Bertz CT molecular complexity index is 996. The lowest BCUT2D eigenvalue weighted by atomic mass is 9.95. The number of hydrogen-bond donors (Lipinski definition) is 2. The number of carbonyl (C=O) groups is 3. The van der Waals surface area contributed by atoms with Crippen molar-refractivity contribution in [2.24, 2.45) is 0 Å². The normalized spacial score (nSPS) is 22.2. The molecule has 0 unspecified atom stereocenters. The zero-order valence-corrected chi connectivity index (χ0v) is 18.2. The van der Waals surface area contributed by atoms with Crippen LogP contribution in [0.2, 0.25) is 0 Å². The molecule has 1 saturated carbocycles. The van der Waals surface area contributed by atoms with Crippen LogP contribution in [0.3, 0.4) is 0 Å². The number of aromatic nitrogens is 2. The number of hydrogen-bond acceptors (Lipinski definition) is 4. The fraction of sp³-hybridized carbons (Fsp3) is 0.478. The van der Waals surface area contributed by atoms with E-state index in [-0.39, 0.29) is 42.0 Å². The van der Waals surface area contributed by atoms with Crippen molar-refractivity contribution in [2.75, 3.05) is 7.05 Å². The highest BCUT2D eigenvalue weighted by Crippen LogP contribution is 2.27. The van der Waals surface area contributed by atoms with Gasteiger partial charge in [-0.2, -0.15) is 5.10 Å². The minimum Gasteiger partial charge on any atom is -0.351 e. The third-order valence-electron chi connectivity index (χ3n) is 6.56. The highest BCUT2D eigenvalue weighted by molar-refractivity contribution is 6.01. The highest BCUT2D eigenvalue weighted by Gasteiger charge is 2.46. The summed E-state index contributed by atoms with van der Waals surface area (Å²) in [6, 6.07) is 11.1. The Morgan fingerprint density at radius 2 is 1.87 bits per heavy atom. The van der Waals surface area contributed by atoms with Crippen molar-refractivity contribution in [1.82, 2.24) is 25.3 Å². The van der Waals surface area contributed by atoms with Crippen LogP contribution in [0.1, 0.15) is 72.1 Å². The SMILES string of the molecule is C[C@H](NC(=O)c1cc2n(n1)C[C@](C)(C(=O)NC1CCCC1)N(C)C2=O)c1ccccc1. The van der Waals surface area contributed by atoms with Crippen molar-refractivity contribution in [3.05, 3.63) is 53.3 Å². The zero-order valence-electron chi connectivity index (χ0n) is 18.2. The molecule has 31 heavy (non-hydrogen) atoms. The van der Waals surface area contributed by atoms with Gasteiger partial charge in [-0.1, -0.05) is 43.2 Å². The Balaban J connectivity index is 1.52. The summed E-state index contributed by atoms with van der Waals surface area (Å²) >= 11 is 0. The molecule has 2 N–H and O–H groups in total. The molecule has 4 rings (SSSR count). The molecule has 1 fully saturated rings. The second-order valence-corrected chi connectivity index (χ2v) is 8.77. The Kier molecular flexibility index (Phi) is 5.56. The van der Waals surface area contributed by atoms with Crippen LogP contribution in [0.5, 0.6) is 0 Å². The maximum atomic E-state index is 13.1. The van der Waals surface area contributed by atoms with Gasteiger partial charge in [-0.25, -0.2) is 0 Å². The van der Waals surface area contributed by atoms with E-state index >= 15 is 0 Å². The summed E-state index contributed by atoms with van der Waals surface area (Å²) in [5.74, 6) is -0.858. The summed E-state index contributed by atoms with van der Waals surface area (Å²) < 4.78 is 1.48. The number of carbonyl (C=O) groups excluding carboxylic acids is 3. The smallest absolute Gasteiger partial charge is 0.272 e. The van der Waals surface area contributed by atoms with Gasteiger partial charge in [0.2, 0.25) is 5.91 Å². The first kappa shape index (κ1) is 21.1. The van der Waals surface area contributed by atoms with Crippen LogP contribution in [0.4, 0.5) is 0 Å². The molecule has 2 heterocycles. The van der Waals surface area contributed by atoms with Crippen LogP contribution in [-0.2, 0) is 11.3 Å². The van der Waals surface area contributed by atoms with Crippen molar-refractivity contribution in [3.8, 4) is 0 Å². The molecule has 1 aliphatic heterocycles. The summed E-state index contributed by atoms with van der Waals surface area (Å²) in [7, 11) is 1.63. The summed E-state index contributed by atoms with van der Waals surface area (Å²) in [6.07, 6.45) is 4.16. The van der Waals surface area contributed by atoms with E-state index in [2.05, 4.69) is 15.7 Å². The largest absolute Gasteiger partial charge is 0.351 e. The second kappa shape index (κ2) is 8.17. The third-order valence-corrected chi connectivity index (χ3v) is 6.56. The molecule has 0 radical (unpaired) electrons. The minimum atomic E-state index is -1.07. The molecule has 1 aliphatic carbocycles. The van der Waals surface area contributed by atoms with Gasteiger partial charge in [0.1, 0.15) is 11.2 Å². The number of amides is 3. The van der Waals surface area contributed by atoms with Gasteiger partial charge in [0.25, 0.3) is 11.8 Å². The Morgan fingerprint density at radius 1 is 1.19 bits per heavy atom. The quantitative estimate of drug-likeness (QED) is 0.771. The van der Waals surface area contributed by atoms with Gasteiger partial charge in [-0.15, -0.1) is 0 Å². The van der Waals surface area contributed by atoms with Crippen LogP contribution in [-0.4, -0.2) is 51.0 Å². The Labute approximate surface area is 182 Å². The van der Waals surface area contributed by atoms with Crippen molar-refractivity contribution >= 4 is 17.7 Å². The van der Waals surface area contributed by atoms with E-state index in [4.69, 9.17) is 0 Å². The number of rotatable bonds is 5. The Hall–Kier alpha value is -3.16. The van der Waals surface area contributed by atoms with Crippen molar-refractivity contribution in [1.29, 1.82) is 0 Å². The maximum Gasteiger partial charge on any atom is 0.272 e. The lowest BCUT2D eigenvalue weighted by Crippen LogP contribution is -2.63. The average Bonchev–Trinajstić information content (AvgIpc) is 3.42. The van der Waals surface area contributed by atoms with Crippen LogP contribution >= 0.6 is 0 Å². The Morgan fingerprint density at radius 3 is 2.55 bits per heavy atom. The van der Waals surface area contributed by atoms with E-state index in [1.807, 2.05) is 37.3 Å². The van der Waals surface area contributed by atoms with E-state index in [0.29, 0.717) is 5.69 Å². The van der Waals surface area contributed by atoms with Gasteiger partial charge in [0.05, 0.1) is 12.6 Å². The molecule has 1 aromatic carbocycles. The summed E-state index contributed by atoms with van der Waals surface area (Å²) in [5, 5.41) is 10.4. The molecule has 164 valence electrons. The van der Waals surface area contributed by atoms with E-state index in [0.717, 1.165) is 31.2 Å². The predicted octanol–water partition coefficient (Wildman–Crippen LogP) is 2.28. The first-order chi connectivity index (χ1) is 14.8. The summed E-state index contributed by atoms with van der Waals surface area (Å²) in [6.45, 7) is 3.84. The summed E-state index contributed by atoms with van der Waals surface area (Å²) in [4.78, 5) is 40.3. The van der Waals surface area contributed by atoms with Crippen LogP contribution in [0.25, 0.3) is 0 Å². The van der Waals surface area contributed by atoms with Crippen molar-refractivity contribution in [3.63, 3.8) is 0 Å². The molecule has 8 heteroatoms. The van der Waals surface area contributed by atoms with Crippen LogP contribution < -0.4 is 10.6 Å². The van der Waals surface area contributed by atoms with Crippen molar-refractivity contribution in [2.45, 2.75) is 63.7 Å². The van der Waals surface area contributed by atoms with Gasteiger partial charge < -0.3 is 15.5 Å². The monoisotopic (exact) mass is 423 g/mol. The maximum absolute atomic E-state index is 13.1. The second-order valence-electron chi connectivity index (χ2n) is 8.77. The van der Waals surface area contributed by atoms with Gasteiger partial charge in [0, 0.05) is 19.2 Å². The predicted molar refractivity (Wildman–Crippen MR) is 115 cm³/mol. The molecular formula is C23H29N5O3. The number of benzene rings is 1. The topological polar surface area (TPSA) is 96.3 Å². The summed E-state index contributed by atoms with van der Waals surface area (Å²) in [5.41, 5.74) is 0.391. The average molecular weight is 424 g/mol. The number of nitrogens with zero attached hydrogens (tertiary/aromatic N) is 3. The van der Waals surface area contributed by atoms with E-state index in [1.54, 1.807) is 14.0 Å². The zero-order chi connectivity index (χ0) is 22.2. The van der Waals surface area contributed by atoms with Gasteiger partial charge >= 0.3 is 0 Å². The lowest BCUT2D eigenvalue weighted by molar-refractivity contribution is -0.133. The first-order valence-corrected chi connectivity index (χ1v) is 10.8. The van der Waals surface area contributed by atoms with E-state index < -0.39 is 5.54 Å². The molecular weight excluding hydrogens is 394 g/mol. The van der Waals surface area contributed by atoms with Crippen molar-refractivity contribution < 1.29 is 14.4 Å². The molecule has 2 atom stereocenters. The standard InChI is InChI=1S/C23H29N5O3/c1-15(16-9-5-4-6-10-16)24-20(29)18-13-19-21(30)27(3)23(2,14-28(19)26-18)22(31)25-17-11-7-8-12-17/h4-6,9-10,13,15,17H,7-8,11-12,14H2,1-3H3,(H,24,29)(H,25,31)/t15-,23+/m0/s1. The number of likely N-dealkylation sites (N-methyl/N-ethyl adjacent to an activating group) is 1. The molecule has 2 aliphatic rings. The van der Waals surface area contributed by atoms with Gasteiger partial charge in [-0.05, 0) is 32.3 Å². The molecule has 2 aromatic rings. The van der Waals surface area contributed by atoms with E-state index in [1.165, 1.54) is 15.6 Å². The van der Waals surface area contributed by atoms with Gasteiger partial charge in [0.15, 0.2) is 5.69 Å². The minimum absolute atomic E-state index is 0.160. The van der Waals surface area contributed by atoms with E-state index in [9.17, 15) is 14.4 Å². The molecule has 8 nitrogen and oxygen atoms in total. The highest BCUT2D eigenvalue weighted by atomic mass is 16.2. The van der Waals surface area contributed by atoms with Crippen LogP contribution in [0, 0.1) is 0 Å². The first-order valence-electron chi connectivity index (χ1n) is 10.8. The number of nitrogens with one attached hydrogen (secondary N) is 2. The fourth-order valence-corrected chi connectivity index (χ4v) is 4.34. The third kappa shape index (κ3) is 3.94. The molecule has 0 spiro atoms. The molecule has 0 bridgehead atoms. The van der Waals surface area contributed by atoms with Gasteiger partial charge in [-0.3, -0.25) is 19.1 Å². The molecule has 0 saturated heterocycles. The lowest BCUT2D eigenvalue weighted by Gasteiger charge is -2.41. The molecule has 3 amide bonds. The van der Waals surface area contributed by atoms with Crippen LogP contribution in [0.15, 0.2) is 36.4 Å². The fourth-order valence-electron chi connectivity index (χ4n) is 4.34. The number of fused-ring (bicyclic) bond motifs is 1.